The second-order valence-corrected chi connectivity index (χ2v) is 6.58. The van der Waals surface area contributed by atoms with Crippen molar-refractivity contribution in [1.82, 2.24) is 9.88 Å². The Balaban J connectivity index is 1.63. The van der Waals surface area contributed by atoms with Gasteiger partial charge >= 0.3 is 6.09 Å². The van der Waals surface area contributed by atoms with Gasteiger partial charge in [-0.2, -0.15) is 0 Å². The molecule has 4 nitrogen and oxygen atoms in total. The number of pyridine rings is 1. The highest BCUT2D eigenvalue weighted by molar-refractivity contribution is 5.69. The number of hydrogen-bond acceptors (Lipinski definition) is 3. The van der Waals surface area contributed by atoms with Gasteiger partial charge in [0.15, 0.2) is 0 Å². The van der Waals surface area contributed by atoms with E-state index in [1.165, 1.54) is 12.7 Å². The highest BCUT2D eigenvalue weighted by Crippen LogP contribution is 2.44. The Morgan fingerprint density at radius 2 is 2.00 bits per heavy atom. The second kappa shape index (κ2) is 6.60. The van der Waals surface area contributed by atoms with E-state index in [4.69, 9.17) is 4.74 Å². The maximum Gasteiger partial charge on any atom is 0.410 e. The van der Waals surface area contributed by atoms with Crippen LogP contribution in [-0.2, 0) is 11.2 Å². The number of ether oxygens (including phenoxy) is 1. The minimum absolute atomic E-state index is 0.0485. The number of aromatic nitrogens is 1. The highest BCUT2D eigenvalue weighted by Gasteiger charge is 2.42. The van der Waals surface area contributed by atoms with Gasteiger partial charge in [0.1, 0.15) is 0 Å². The lowest BCUT2D eigenvalue weighted by molar-refractivity contribution is 0.111. The van der Waals surface area contributed by atoms with E-state index in [9.17, 15) is 4.79 Å². The quantitative estimate of drug-likeness (QED) is 0.693. The summed E-state index contributed by atoms with van der Waals surface area (Å²) in [5.74, 6) is 6.86. The number of aryl methyl sites for hydroxylation is 1. The molecule has 2 atom stereocenters. The average Bonchev–Trinajstić information content (AvgIpc) is 3.11. The largest absolute Gasteiger partial charge is 0.453 e. The van der Waals surface area contributed by atoms with Gasteiger partial charge in [-0.05, 0) is 48.9 Å². The van der Waals surface area contributed by atoms with Crippen molar-refractivity contribution in [2.45, 2.75) is 25.3 Å². The van der Waals surface area contributed by atoms with Crippen LogP contribution in [0.1, 0.15) is 41.3 Å². The predicted octanol–water partition coefficient (Wildman–Crippen LogP) is 3.56. The van der Waals surface area contributed by atoms with Crippen LogP contribution < -0.4 is 0 Å². The van der Waals surface area contributed by atoms with E-state index >= 15 is 0 Å². The first-order valence-corrected chi connectivity index (χ1v) is 8.67. The molecule has 1 fully saturated rings. The molecule has 2 heterocycles. The zero-order valence-electron chi connectivity index (χ0n) is 14.2. The molecule has 0 radical (unpaired) electrons. The topological polar surface area (TPSA) is 42.4 Å². The Bertz CT molecular complexity index is 851. The first-order valence-electron chi connectivity index (χ1n) is 8.67. The summed E-state index contributed by atoms with van der Waals surface area (Å²) in [5, 5.41) is 0. The molecular formula is C21H20N2O2. The third-order valence-corrected chi connectivity index (χ3v) is 5.12. The molecule has 0 unspecified atom stereocenters. The van der Waals surface area contributed by atoms with Crippen molar-refractivity contribution < 1.29 is 9.53 Å². The summed E-state index contributed by atoms with van der Waals surface area (Å²) in [4.78, 5) is 18.6. The average molecular weight is 332 g/mol. The lowest BCUT2D eigenvalue weighted by Crippen LogP contribution is -2.34. The van der Waals surface area contributed by atoms with Crippen molar-refractivity contribution in [3.63, 3.8) is 0 Å². The molecule has 0 bridgehead atoms. The van der Waals surface area contributed by atoms with E-state index < -0.39 is 0 Å². The fourth-order valence-corrected chi connectivity index (χ4v) is 3.91. The van der Waals surface area contributed by atoms with Gasteiger partial charge in [-0.3, -0.25) is 9.88 Å². The van der Waals surface area contributed by atoms with Gasteiger partial charge in [-0.1, -0.05) is 30.0 Å². The van der Waals surface area contributed by atoms with E-state index in [1.807, 2.05) is 41.4 Å². The molecule has 4 heteroatoms. The number of fused-ring (bicyclic) bond motifs is 3. The molecule has 1 aliphatic heterocycles. The smallest absolute Gasteiger partial charge is 0.410 e. The molecule has 4 rings (SSSR count). The zero-order valence-corrected chi connectivity index (χ0v) is 14.2. The van der Waals surface area contributed by atoms with Crippen molar-refractivity contribution in [1.29, 1.82) is 0 Å². The normalized spacial score (nSPS) is 20.9. The maximum atomic E-state index is 12.1. The van der Waals surface area contributed by atoms with Gasteiger partial charge in [0.05, 0.1) is 18.8 Å². The molecule has 2 aliphatic rings. The maximum absolute atomic E-state index is 12.1. The summed E-state index contributed by atoms with van der Waals surface area (Å²) < 4.78 is 4.95. The Kier molecular flexibility index (Phi) is 4.15. The second-order valence-electron chi connectivity index (χ2n) is 6.58. The number of rotatable bonds is 0. The lowest BCUT2D eigenvalue weighted by atomic mass is 9.83. The molecule has 126 valence electrons. The lowest BCUT2D eigenvalue weighted by Gasteiger charge is -2.32. The number of carbonyl (C=O) groups excluding carboxylic acids is 1. The molecule has 0 spiro atoms. The Morgan fingerprint density at radius 3 is 2.80 bits per heavy atom. The molecule has 2 aromatic rings. The molecule has 1 aromatic heterocycles. The van der Waals surface area contributed by atoms with Crippen LogP contribution in [-0.4, -0.2) is 29.6 Å². The van der Waals surface area contributed by atoms with Crippen LogP contribution in [0.2, 0.25) is 0 Å². The molecule has 1 saturated heterocycles. The van der Waals surface area contributed by atoms with Crippen molar-refractivity contribution in [3.05, 3.63) is 65.0 Å². The molecule has 1 aromatic carbocycles. The summed E-state index contributed by atoms with van der Waals surface area (Å²) in [6, 6.07) is 12.1. The van der Waals surface area contributed by atoms with Crippen LogP contribution in [0.4, 0.5) is 4.79 Å². The van der Waals surface area contributed by atoms with Crippen LogP contribution in [0.15, 0.2) is 42.6 Å². The third-order valence-electron chi connectivity index (χ3n) is 5.12. The number of likely N-dealkylation sites (tertiary alicyclic amines) is 1. The van der Waals surface area contributed by atoms with Gasteiger partial charge in [0.25, 0.3) is 0 Å². The van der Waals surface area contributed by atoms with E-state index in [2.05, 4.69) is 22.9 Å². The van der Waals surface area contributed by atoms with E-state index in [1.54, 1.807) is 0 Å². The van der Waals surface area contributed by atoms with Crippen molar-refractivity contribution in [3.8, 4) is 11.8 Å². The van der Waals surface area contributed by atoms with Crippen molar-refractivity contribution in [2.24, 2.45) is 5.92 Å². The fraction of sp³-hybridized carbons (Fsp3) is 0.333. The minimum atomic E-state index is -0.255. The Labute approximate surface area is 147 Å². The number of amides is 1. The molecule has 0 saturated carbocycles. The Morgan fingerprint density at radius 1 is 1.20 bits per heavy atom. The Hall–Kier alpha value is -2.80. The molecular weight excluding hydrogens is 312 g/mol. The summed E-state index contributed by atoms with van der Waals surface area (Å²) >= 11 is 0. The van der Waals surface area contributed by atoms with Crippen LogP contribution >= 0.6 is 0 Å². The first-order chi connectivity index (χ1) is 12.3. The van der Waals surface area contributed by atoms with Crippen LogP contribution in [0.25, 0.3) is 0 Å². The molecule has 25 heavy (non-hydrogen) atoms. The molecule has 1 amide bonds. The van der Waals surface area contributed by atoms with Gasteiger partial charge in [0.2, 0.25) is 0 Å². The predicted molar refractivity (Wildman–Crippen MR) is 94.9 cm³/mol. The number of nitrogens with zero attached hydrogens (tertiary/aromatic N) is 2. The monoisotopic (exact) mass is 332 g/mol. The number of hydrogen-bond donors (Lipinski definition) is 0. The van der Waals surface area contributed by atoms with Crippen LogP contribution in [0, 0.1) is 17.8 Å². The summed E-state index contributed by atoms with van der Waals surface area (Å²) in [5.41, 5.74) is 4.14. The summed E-state index contributed by atoms with van der Waals surface area (Å²) in [7, 11) is 1.44. The SMILES string of the molecule is COC(=O)N1CC[C@H]2CCc3cc(C#Cc4ccccc4)cnc3[C@H]21. The number of carbonyl (C=O) groups is 1. The summed E-state index contributed by atoms with van der Waals surface area (Å²) in [6.07, 6.45) is 4.68. The van der Waals surface area contributed by atoms with E-state index in [-0.39, 0.29) is 12.1 Å². The zero-order chi connectivity index (χ0) is 17.2. The van der Waals surface area contributed by atoms with Crippen molar-refractivity contribution in [2.75, 3.05) is 13.7 Å². The van der Waals surface area contributed by atoms with Crippen molar-refractivity contribution >= 4 is 6.09 Å². The van der Waals surface area contributed by atoms with Crippen LogP contribution in [0.3, 0.4) is 0 Å². The number of benzene rings is 1. The van der Waals surface area contributed by atoms with Gasteiger partial charge in [0, 0.05) is 23.9 Å². The molecule has 1 aliphatic carbocycles. The molecule has 0 N–H and O–H groups in total. The number of methoxy groups -OCH3 is 1. The van der Waals surface area contributed by atoms with E-state index in [0.29, 0.717) is 5.92 Å². The fourth-order valence-electron chi connectivity index (χ4n) is 3.91. The minimum Gasteiger partial charge on any atom is -0.453 e. The highest BCUT2D eigenvalue weighted by atomic mass is 16.5. The summed E-state index contributed by atoms with van der Waals surface area (Å²) in [6.45, 7) is 0.749. The first kappa shape index (κ1) is 15.7. The third kappa shape index (κ3) is 2.98. The van der Waals surface area contributed by atoms with Gasteiger partial charge < -0.3 is 4.74 Å². The van der Waals surface area contributed by atoms with E-state index in [0.717, 1.165) is 42.6 Å². The standard InChI is InChI=1S/C21H20N2O2/c1-25-21(24)23-12-11-17-9-10-18-13-16(14-22-19(18)20(17)23)8-7-15-5-3-2-4-6-15/h2-6,13-14,17,20H,9-12H2,1H3/t17-,20+/m1/s1. The van der Waals surface area contributed by atoms with Gasteiger partial charge in [-0.15, -0.1) is 0 Å². The van der Waals surface area contributed by atoms with Crippen LogP contribution in [0.5, 0.6) is 0 Å². The van der Waals surface area contributed by atoms with Gasteiger partial charge in [-0.25, -0.2) is 4.79 Å².